The Morgan fingerprint density at radius 2 is 0.633 bits per heavy atom. The van der Waals surface area contributed by atoms with Crippen molar-refractivity contribution in [2.24, 2.45) is 0 Å². The molecule has 152 valence electrons. The van der Waals surface area contributed by atoms with Gasteiger partial charge in [-0.2, -0.15) is 0 Å². The van der Waals surface area contributed by atoms with Gasteiger partial charge in [0.25, 0.3) is 0 Å². The van der Waals surface area contributed by atoms with Gasteiger partial charge in [0.15, 0.2) is 0 Å². The quantitative estimate of drug-likeness (QED) is 0.258. The zero-order valence-corrected chi connectivity index (χ0v) is 16.9. The fourth-order valence-electron chi connectivity index (χ4n) is 3.60. The molecular weight excluding hydrogens is 364 g/mol. The molecule has 0 saturated heterocycles. The average molecular weight is 395 g/mol. The molecule has 6 aromatic rings. The molecule has 2 aromatic heterocycles. The molecule has 0 bridgehead atoms. The van der Waals surface area contributed by atoms with E-state index < -0.39 is 0 Å². The number of hydrogen-bond acceptors (Lipinski definition) is 0. The summed E-state index contributed by atoms with van der Waals surface area (Å²) in [7, 11) is 0. The van der Waals surface area contributed by atoms with Gasteiger partial charge in [-0.25, -0.2) is 0 Å². The van der Waals surface area contributed by atoms with Crippen LogP contribution in [0.2, 0.25) is 0 Å². The Bertz CT molecular complexity index is 1150. The molecule has 6 rings (SSSR count). The van der Waals surface area contributed by atoms with Gasteiger partial charge in [0, 0.05) is 43.6 Å². The molecule has 0 saturated carbocycles. The Hall–Kier alpha value is -3.52. The minimum atomic E-state index is 0. The molecule has 0 spiro atoms. The third-order valence-corrected chi connectivity index (χ3v) is 4.83. The summed E-state index contributed by atoms with van der Waals surface area (Å²) in [6.07, 6.45) is 1.25. The van der Waals surface area contributed by atoms with E-state index in [1.54, 1.807) is 0 Å². The van der Waals surface area contributed by atoms with Crippen molar-refractivity contribution in [3.8, 4) is 0 Å². The van der Waals surface area contributed by atoms with Gasteiger partial charge in [0.1, 0.15) is 0 Å². The summed E-state index contributed by atoms with van der Waals surface area (Å²) in [5, 5.41) is 5.22. The van der Waals surface area contributed by atoms with Crippen LogP contribution in [0.3, 0.4) is 0 Å². The van der Waals surface area contributed by atoms with Gasteiger partial charge in [-0.1, -0.05) is 100 Å². The number of nitrogens with one attached hydrogen (secondary N) is 2. The lowest BCUT2D eigenvalue weighted by molar-refractivity contribution is 1.09. The summed E-state index contributed by atoms with van der Waals surface area (Å²) < 4.78 is 0. The first-order valence-corrected chi connectivity index (χ1v) is 10.2. The fraction of sp³-hybridized carbons (Fsp3) is 0.143. The summed E-state index contributed by atoms with van der Waals surface area (Å²) in [5.74, 6) is 0. The van der Waals surface area contributed by atoms with Crippen molar-refractivity contribution in [2.45, 2.75) is 27.7 Å². The van der Waals surface area contributed by atoms with Crippen LogP contribution in [0.25, 0.3) is 43.6 Å². The maximum Gasteiger partial charge on any atom is 0.0464 e. The highest BCUT2D eigenvalue weighted by Crippen LogP contribution is 2.25. The Morgan fingerprint density at radius 1 is 0.433 bits per heavy atom. The average Bonchev–Trinajstić information content (AvgIpc) is 3.33. The molecule has 0 fully saturated rings. The zero-order chi connectivity index (χ0) is 20.1. The van der Waals surface area contributed by atoms with E-state index in [4.69, 9.17) is 0 Å². The van der Waals surface area contributed by atoms with E-state index >= 15 is 0 Å². The van der Waals surface area contributed by atoms with Crippen LogP contribution in [0.15, 0.2) is 97.1 Å². The van der Waals surface area contributed by atoms with Gasteiger partial charge in [0.2, 0.25) is 0 Å². The minimum absolute atomic E-state index is 0. The largest absolute Gasteiger partial charge is 0.355 e. The lowest BCUT2D eigenvalue weighted by Crippen LogP contribution is -1.62. The van der Waals surface area contributed by atoms with Gasteiger partial charge in [-0.3, -0.25) is 0 Å². The maximum atomic E-state index is 3.38. The molecule has 2 N–H and O–H groups in total. The van der Waals surface area contributed by atoms with E-state index in [1.165, 1.54) is 50.0 Å². The Balaban J connectivity index is 0.000000147. The minimum Gasteiger partial charge on any atom is -0.355 e. The first-order valence-electron chi connectivity index (χ1n) is 10.2. The summed E-state index contributed by atoms with van der Waals surface area (Å²) >= 11 is 0. The second-order valence-corrected chi connectivity index (χ2v) is 7.14. The van der Waals surface area contributed by atoms with E-state index in [-0.39, 0.29) is 7.43 Å². The van der Waals surface area contributed by atoms with E-state index in [2.05, 4.69) is 121 Å². The monoisotopic (exact) mass is 394 g/mol. The van der Waals surface area contributed by atoms with Gasteiger partial charge >= 0.3 is 0 Å². The fourth-order valence-corrected chi connectivity index (χ4v) is 3.60. The number of hydrogen-bond donors (Lipinski definition) is 2. The number of para-hydroxylation sites is 4. The van der Waals surface area contributed by atoms with Crippen LogP contribution in [0, 0.1) is 0 Å². The molecule has 0 atom stereocenters. The lowest BCUT2D eigenvalue weighted by atomic mass is 10.2. The molecule has 2 heterocycles. The van der Waals surface area contributed by atoms with Crippen LogP contribution < -0.4 is 0 Å². The third kappa shape index (κ3) is 4.23. The predicted octanol–water partition coefficient (Wildman–Crippen LogP) is 8.69. The number of H-pyrrole nitrogens is 2. The van der Waals surface area contributed by atoms with Gasteiger partial charge in [-0.15, -0.1) is 0 Å². The summed E-state index contributed by atoms with van der Waals surface area (Å²) in [5.41, 5.74) is 4.85. The van der Waals surface area contributed by atoms with Crippen molar-refractivity contribution in [3.05, 3.63) is 97.1 Å². The highest BCUT2D eigenvalue weighted by Gasteiger charge is 2.01. The third-order valence-electron chi connectivity index (χ3n) is 4.83. The number of fused-ring (bicyclic) bond motifs is 6. The molecule has 0 radical (unpaired) electrons. The number of aromatic amines is 2. The molecule has 0 unspecified atom stereocenters. The van der Waals surface area contributed by atoms with Crippen molar-refractivity contribution in [1.82, 2.24) is 9.97 Å². The lowest BCUT2D eigenvalue weighted by Gasteiger charge is -1.87. The molecule has 2 nitrogen and oxygen atoms in total. The van der Waals surface area contributed by atoms with Crippen molar-refractivity contribution < 1.29 is 0 Å². The van der Waals surface area contributed by atoms with Crippen molar-refractivity contribution >= 4 is 43.6 Å². The van der Waals surface area contributed by atoms with E-state index in [0.717, 1.165) is 0 Å². The van der Waals surface area contributed by atoms with Crippen molar-refractivity contribution in [3.63, 3.8) is 0 Å². The zero-order valence-electron chi connectivity index (χ0n) is 16.9. The Morgan fingerprint density at radius 3 is 0.867 bits per heavy atom. The number of rotatable bonds is 0. The molecule has 0 amide bonds. The first-order chi connectivity index (χ1) is 14.3. The van der Waals surface area contributed by atoms with E-state index in [9.17, 15) is 0 Å². The van der Waals surface area contributed by atoms with Gasteiger partial charge in [0.05, 0.1) is 0 Å². The SMILES string of the molecule is C.CCC.c1ccc2c(c1)[nH]c1ccccc12.c1ccc2c(c1)[nH]c1ccccc12. The van der Waals surface area contributed by atoms with Crippen molar-refractivity contribution in [2.75, 3.05) is 0 Å². The Labute approximate surface area is 178 Å². The van der Waals surface area contributed by atoms with Crippen LogP contribution in [-0.2, 0) is 0 Å². The van der Waals surface area contributed by atoms with Crippen LogP contribution in [-0.4, -0.2) is 9.97 Å². The summed E-state index contributed by atoms with van der Waals surface area (Å²) in [4.78, 5) is 6.76. The van der Waals surface area contributed by atoms with Crippen LogP contribution in [0.5, 0.6) is 0 Å². The van der Waals surface area contributed by atoms with E-state index in [1.807, 2.05) is 0 Å². The normalized spacial score (nSPS) is 10.2. The Kier molecular flexibility index (Phi) is 6.92. The number of aromatic nitrogens is 2. The molecule has 4 aromatic carbocycles. The second kappa shape index (κ2) is 9.80. The number of benzene rings is 4. The van der Waals surface area contributed by atoms with Crippen LogP contribution in [0.1, 0.15) is 27.7 Å². The van der Waals surface area contributed by atoms with Crippen LogP contribution in [0.4, 0.5) is 0 Å². The summed E-state index contributed by atoms with van der Waals surface area (Å²) in [6.45, 7) is 4.25. The maximum absolute atomic E-state index is 3.38. The molecule has 0 aliphatic rings. The molecule has 30 heavy (non-hydrogen) atoms. The van der Waals surface area contributed by atoms with Gasteiger partial charge < -0.3 is 9.97 Å². The second-order valence-electron chi connectivity index (χ2n) is 7.14. The standard InChI is InChI=1S/2C12H9N.C3H8.CH4/c2*1-3-7-11-9(5-1)10-6-2-4-8-12(10)13-11;1-3-2;/h2*1-8,13H;3H2,1-2H3;1H4. The van der Waals surface area contributed by atoms with Crippen molar-refractivity contribution in [1.29, 1.82) is 0 Å². The molecule has 0 aliphatic heterocycles. The highest BCUT2D eigenvalue weighted by atomic mass is 14.7. The summed E-state index contributed by atoms with van der Waals surface area (Å²) in [6, 6.07) is 33.5. The highest BCUT2D eigenvalue weighted by molar-refractivity contribution is 6.07. The molecule has 2 heteroatoms. The molecular formula is C28H30N2. The topological polar surface area (TPSA) is 31.6 Å². The predicted molar refractivity (Wildman–Crippen MR) is 134 cm³/mol. The van der Waals surface area contributed by atoms with E-state index in [0.29, 0.717) is 0 Å². The van der Waals surface area contributed by atoms with Gasteiger partial charge in [-0.05, 0) is 24.3 Å². The first kappa shape index (κ1) is 21.2. The smallest absolute Gasteiger partial charge is 0.0464 e. The van der Waals surface area contributed by atoms with Crippen LogP contribution >= 0.6 is 0 Å². The molecule has 0 aliphatic carbocycles.